The predicted octanol–water partition coefficient (Wildman–Crippen LogP) is 2.40. The molecule has 1 aromatic heterocycles. The molecule has 0 aliphatic heterocycles. The summed E-state index contributed by atoms with van der Waals surface area (Å²) in [5, 5.41) is 6.98. The van der Waals surface area contributed by atoms with Crippen molar-refractivity contribution in [2.45, 2.75) is 33.1 Å². The first-order valence-electron chi connectivity index (χ1n) is 4.25. The highest BCUT2D eigenvalue weighted by atomic mass is 16.5. The maximum atomic E-state index is 5.17. The fourth-order valence-corrected chi connectivity index (χ4v) is 0.893. The summed E-state index contributed by atoms with van der Waals surface area (Å²) in [4.78, 5) is 0. The molecule has 0 unspecified atom stereocenters. The number of hydrogen-bond acceptors (Lipinski definition) is 3. The SMILES string of the molecule is CCNc1cc(C(C)(C)C)on1. The maximum Gasteiger partial charge on any atom is 0.169 e. The average molecular weight is 168 g/mol. The van der Waals surface area contributed by atoms with Gasteiger partial charge in [0.1, 0.15) is 5.76 Å². The van der Waals surface area contributed by atoms with Crippen LogP contribution in [0.2, 0.25) is 0 Å². The van der Waals surface area contributed by atoms with Crippen molar-refractivity contribution in [2.24, 2.45) is 0 Å². The standard InChI is InChI=1S/C9H16N2O/c1-5-10-8-6-7(12-11-8)9(2,3)4/h6H,5H2,1-4H3,(H,10,11). The van der Waals surface area contributed by atoms with E-state index in [0.29, 0.717) is 0 Å². The van der Waals surface area contributed by atoms with Gasteiger partial charge in [-0.2, -0.15) is 0 Å². The summed E-state index contributed by atoms with van der Waals surface area (Å²) in [7, 11) is 0. The third-order valence-electron chi connectivity index (χ3n) is 1.61. The van der Waals surface area contributed by atoms with Gasteiger partial charge < -0.3 is 9.84 Å². The van der Waals surface area contributed by atoms with E-state index in [-0.39, 0.29) is 5.41 Å². The lowest BCUT2D eigenvalue weighted by Crippen LogP contribution is -2.09. The fraction of sp³-hybridized carbons (Fsp3) is 0.667. The van der Waals surface area contributed by atoms with Crippen molar-refractivity contribution in [3.8, 4) is 0 Å². The van der Waals surface area contributed by atoms with Crippen LogP contribution in [-0.2, 0) is 5.41 Å². The van der Waals surface area contributed by atoms with Gasteiger partial charge in [-0.25, -0.2) is 0 Å². The van der Waals surface area contributed by atoms with Crippen molar-refractivity contribution in [1.29, 1.82) is 0 Å². The molecule has 3 nitrogen and oxygen atoms in total. The van der Waals surface area contributed by atoms with Crippen LogP contribution in [0.4, 0.5) is 5.82 Å². The Labute approximate surface area is 73.1 Å². The van der Waals surface area contributed by atoms with Crippen LogP contribution in [0, 0.1) is 0 Å². The number of anilines is 1. The summed E-state index contributed by atoms with van der Waals surface area (Å²) < 4.78 is 5.17. The van der Waals surface area contributed by atoms with Crippen molar-refractivity contribution >= 4 is 5.82 Å². The minimum atomic E-state index is 0.0423. The Morgan fingerprint density at radius 2 is 2.17 bits per heavy atom. The molecule has 0 spiro atoms. The van der Waals surface area contributed by atoms with Crippen LogP contribution in [0.5, 0.6) is 0 Å². The topological polar surface area (TPSA) is 38.1 Å². The second-order valence-electron chi connectivity index (χ2n) is 3.86. The van der Waals surface area contributed by atoms with Gasteiger partial charge in [0, 0.05) is 18.0 Å². The van der Waals surface area contributed by atoms with Crippen molar-refractivity contribution < 1.29 is 4.52 Å². The summed E-state index contributed by atoms with van der Waals surface area (Å²) in [6, 6.07) is 1.95. The molecule has 0 aliphatic rings. The Hall–Kier alpha value is -0.990. The first kappa shape index (κ1) is 9.10. The van der Waals surface area contributed by atoms with Gasteiger partial charge in [0.05, 0.1) is 0 Å². The first-order chi connectivity index (χ1) is 5.54. The van der Waals surface area contributed by atoms with Crippen LogP contribution in [0.3, 0.4) is 0 Å². The normalized spacial score (nSPS) is 11.7. The highest BCUT2D eigenvalue weighted by Gasteiger charge is 2.19. The fourth-order valence-electron chi connectivity index (χ4n) is 0.893. The molecule has 3 heteroatoms. The molecular formula is C9H16N2O. The number of hydrogen-bond donors (Lipinski definition) is 1. The zero-order valence-corrected chi connectivity index (χ0v) is 8.14. The molecule has 0 fully saturated rings. The lowest BCUT2D eigenvalue weighted by Gasteiger charge is -2.11. The highest BCUT2D eigenvalue weighted by molar-refractivity contribution is 5.35. The molecule has 1 aromatic rings. The molecule has 0 atom stereocenters. The molecule has 68 valence electrons. The maximum absolute atomic E-state index is 5.17. The summed E-state index contributed by atoms with van der Waals surface area (Å²) >= 11 is 0. The first-order valence-corrected chi connectivity index (χ1v) is 4.25. The van der Waals surface area contributed by atoms with Crippen LogP contribution in [-0.4, -0.2) is 11.7 Å². The summed E-state index contributed by atoms with van der Waals surface area (Å²) in [5.41, 5.74) is 0.0423. The molecule has 0 aliphatic carbocycles. The van der Waals surface area contributed by atoms with Gasteiger partial charge in [-0.05, 0) is 6.92 Å². The molecule has 1 rings (SSSR count). The highest BCUT2D eigenvalue weighted by Crippen LogP contribution is 2.24. The third-order valence-corrected chi connectivity index (χ3v) is 1.61. The zero-order valence-electron chi connectivity index (χ0n) is 8.14. The van der Waals surface area contributed by atoms with Crippen LogP contribution in [0.15, 0.2) is 10.6 Å². The van der Waals surface area contributed by atoms with Gasteiger partial charge in [-0.3, -0.25) is 0 Å². The molecule has 1 heterocycles. The van der Waals surface area contributed by atoms with E-state index < -0.39 is 0 Å². The van der Waals surface area contributed by atoms with Gasteiger partial charge in [0.25, 0.3) is 0 Å². The minimum absolute atomic E-state index is 0.0423. The molecule has 0 saturated carbocycles. The monoisotopic (exact) mass is 168 g/mol. The van der Waals surface area contributed by atoms with Crippen LogP contribution in [0.25, 0.3) is 0 Å². The van der Waals surface area contributed by atoms with Crippen molar-refractivity contribution in [1.82, 2.24) is 5.16 Å². The van der Waals surface area contributed by atoms with E-state index in [1.54, 1.807) is 0 Å². The predicted molar refractivity (Wildman–Crippen MR) is 49.4 cm³/mol. The zero-order chi connectivity index (χ0) is 9.19. The summed E-state index contributed by atoms with van der Waals surface area (Å²) in [6.07, 6.45) is 0. The third kappa shape index (κ3) is 2.00. The van der Waals surface area contributed by atoms with Crippen molar-refractivity contribution in [2.75, 3.05) is 11.9 Å². The van der Waals surface area contributed by atoms with Gasteiger partial charge in [0.15, 0.2) is 5.82 Å². The van der Waals surface area contributed by atoms with Gasteiger partial charge in [-0.1, -0.05) is 25.9 Å². The molecule has 12 heavy (non-hydrogen) atoms. The second-order valence-corrected chi connectivity index (χ2v) is 3.86. The van der Waals surface area contributed by atoms with Crippen molar-refractivity contribution in [3.05, 3.63) is 11.8 Å². The molecule has 0 aromatic carbocycles. The minimum Gasteiger partial charge on any atom is -0.368 e. The van der Waals surface area contributed by atoms with E-state index in [1.807, 2.05) is 13.0 Å². The number of nitrogens with one attached hydrogen (secondary N) is 1. The van der Waals surface area contributed by atoms with Gasteiger partial charge in [0.2, 0.25) is 0 Å². The van der Waals surface area contributed by atoms with Crippen molar-refractivity contribution in [3.63, 3.8) is 0 Å². The lowest BCUT2D eigenvalue weighted by atomic mass is 9.93. The Balaban J connectivity index is 2.77. The van der Waals surface area contributed by atoms with Crippen LogP contribution < -0.4 is 5.32 Å². The van der Waals surface area contributed by atoms with E-state index >= 15 is 0 Å². The van der Waals surface area contributed by atoms with E-state index in [4.69, 9.17) is 4.52 Å². The Kier molecular flexibility index (Phi) is 2.40. The second kappa shape index (κ2) is 3.17. The molecule has 0 radical (unpaired) electrons. The summed E-state index contributed by atoms with van der Waals surface area (Å²) in [5.74, 6) is 1.74. The smallest absolute Gasteiger partial charge is 0.169 e. The Bertz CT molecular complexity index is 247. The molecular weight excluding hydrogens is 152 g/mol. The van der Waals surface area contributed by atoms with Gasteiger partial charge >= 0.3 is 0 Å². The summed E-state index contributed by atoms with van der Waals surface area (Å²) in [6.45, 7) is 9.21. The van der Waals surface area contributed by atoms with Gasteiger partial charge in [-0.15, -0.1) is 0 Å². The van der Waals surface area contributed by atoms with Crippen LogP contribution in [0.1, 0.15) is 33.5 Å². The van der Waals surface area contributed by atoms with E-state index in [1.165, 1.54) is 0 Å². The number of aromatic nitrogens is 1. The lowest BCUT2D eigenvalue weighted by molar-refractivity contribution is 0.330. The Morgan fingerprint density at radius 1 is 1.50 bits per heavy atom. The number of nitrogens with zero attached hydrogens (tertiary/aromatic N) is 1. The quantitative estimate of drug-likeness (QED) is 0.736. The molecule has 0 bridgehead atoms. The average Bonchev–Trinajstić information content (AvgIpc) is 2.35. The molecule has 0 amide bonds. The largest absolute Gasteiger partial charge is 0.368 e. The molecule has 1 N–H and O–H groups in total. The van der Waals surface area contributed by atoms with Crippen LogP contribution >= 0.6 is 0 Å². The van der Waals surface area contributed by atoms with E-state index in [0.717, 1.165) is 18.1 Å². The Morgan fingerprint density at radius 3 is 2.58 bits per heavy atom. The molecule has 0 saturated heterocycles. The number of rotatable bonds is 2. The van der Waals surface area contributed by atoms with E-state index in [9.17, 15) is 0 Å². The van der Waals surface area contributed by atoms with E-state index in [2.05, 4.69) is 31.2 Å².